The first-order valence-corrected chi connectivity index (χ1v) is 14.2. The molecule has 4 aromatic carbocycles. The molecule has 0 aliphatic rings. The second kappa shape index (κ2) is 16.6. The van der Waals surface area contributed by atoms with Gasteiger partial charge in [-0.1, -0.05) is 133 Å². The fraction of sp³-hybridized carbons (Fsp3) is 0.243. The predicted octanol–water partition coefficient (Wildman–Crippen LogP) is 7.06. The van der Waals surface area contributed by atoms with Crippen LogP contribution in [0.5, 0.6) is 0 Å². The van der Waals surface area contributed by atoms with E-state index in [2.05, 4.69) is 13.2 Å². The van der Waals surface area contributed by atoms with Gasteiger partial charge in [-0.05, 0) is 22.3 Å². The number of hydrogen-bond donors (Lipinski definition) is 1. The highest BCUT2D eigenvalue weighted by molar-refractivity contribution is 5.18. The first-order valence-electron chi connectivity index (χ1n) is 14.2. The Bertz CT molecular complexity index is 1310. The molecule has 218 valence electrons. The van der Waals surface area contributed by atoms with E-state index in [0.717, 1.165) is 22.3 Å². The Kier molecular flexibility index (Phi) is 12.3. The summed E-state index contributed by atoms with van der Waals surface area (Å²) in [4.78, 5) is 0. The predicted molar refractivity (Wildman–Crippen MR) is 166 cm³/mol. The minimum atomic E-state index is -1.61. The van der Waals surface area contributed by atoms with E-state index in [9.17, 15) is 5.11 Å². The molecule has 0 aliphatic carbocycles. The van der Waals surface area contributed by atoms with Gasteiger partial charge in [-0.15, -0.1) is 13.2 Å². The van der Waals surface area contributed by atoms with Gasteiger partial charge in [-0.2, -0.15) is 0 Å². The van der Waals surface area contributed by atoms with Gasteiger partial charge in [0.2, 0.25) is 0 Å². The van der Waals surface area contributed by atoms with Crippen molar-refractivity contribution < 1.29 is 24.1 Å². The maximum atomic E-state index is 12.1. The van der Waals surface area contributed by atoms with Gasteiger partial charge in [0.15, 0.2) is 0 Å². The molecule has 0 spiro atoms. The highest BCUT2D eigenvalue weighted by atomic mass is 16.6. The molecule has 5 heteroatoms. The van der Waals surface area contributed by atoms with E-state index in [0.29, 0.717) is 13.2 Å². The van der Waals surface area contributed by atoms with E-state index in [1.165, 1.54) is 6.08 Å². The Balaban J connectivity index is 1.62. The number of benzene rings is 4. The summed E-state index contributed by atoms with van der Waals surface area (Å²) >= 11 is 0. The van der Waals surface area contributed by atoms with Crippen molar-refractivity contribution in [3.8, 4) is 0 Å². The third-order valence-electron chi connectivity index (χ3n) is 6.99. The molecule has 4 aromatic rings. The lowest BCUT2D eigenvalue weighted by atomic mass is 9.90. The van der Waals surface area contributed by atoms with E-state index in [1.54, 1.807) is 6.08 Å². The molecule has 5 nitrogen and oxygen atoms in total. The molecule has 0 aliphatic heterocycles. The quantitative estimate of drug-likeness (QED) is 0.131. The summed E-state index contributed by atoms with van der Waals surface area (Å²) in [5, 5.41) is 12.1. The first-order chi connectivity index (χ1) is 20.6. The van der Waals surface area contributed by atoms with Crippen LogP contribution in [0.4, 0.5) is 0 Å². The van der Waals surface area contributed by atoms with Gasteiger partial charge in [-0.3, -0.25) is 0 Å². The summed E-state index contributed by atoms with van der Waals surface area (Å²) in [7, 11) is 0. The van der Waals surface area contributed by atoms with E-state index in [4.69, 9.17) is 18.9 Å². The van der Waals surface area contributed by atoms with Gasteiger partial charge in [0.25, 0.3) is 0 Å². The summed E-state index contributed by atoms with van der Waals surface area (Å²) in [5.41, 5.74) is 2.34. The SMILES string of the molecule is C=C[C@H](OCc1ccccc1)[C@H](OCc1ccccc1)[C@@H](OCc1ccccc1)C(O)(C=C)COCc1ccccc1. The monoisotopic (exact) mass is 564 g/mol. The van der Waals surface area contributed by atoms with Crippen molar-refractivity contribution in [1.29, 1.82) is 0 Å². The maximum Gasteiger partial charge on any atom is 0.134 e. The Morgan fingerprint density at radius 2 is 0.976 bits per heavy atom. The van der Waals surface area contributed by atoms with Gasteiger partial charge in [-0.25, -0.2) is 0 Å². The molecule has 1 N–H and O–H groups in total. The van der Waals surface area contributed by atoms with Crippen LogP contribution in [-0.4, -0.2) is 35.6 Å². The summed E-state index contributed by atoms with van der Waals surface area (Å²) in [5.74, 6) is 0. The van der Waals surface area contributed by atoms with Crippen LogP contribution in [0.25, 0.3) is 0 Å². The van der Waals surface area contributed by atoms with Crippen molar-refractivity contribution in [2.75, 3.05) is 6.61 Å². The lowest BCUT2D eigenvalue weighted by molar-refractivity contribution is -0.201. The zero-order valence-electron chi connectivity index (χ0n) is 24.0. The van der Waals surface area contributed by atoms with Crippen LogP contribution >= 0.6 is 0 Å². The normalized spacial score (nSPS) is 14.8. The van der Waals surface area contributed by atoms with Crippen molar-refractivity contribution in [1.82, 2.24) is 0 Å². The molecule has 1 unspecified atom stereocenters. The Morgan fingerprint density at radius 1 is 0.571 bits per heavy atom. The molecule has 0 radical (unpaired) electrons. The minimum absolute atomic E-state index is 0.0569. The second-order valence-corrected chi connectivity index (χ2v) is 10.1. The number of ether oxygens (including phenoxy) is 4. The molecule has 4 rings (SSSR count). The standard InChI is InChI=1S/C37H40O5/c1-3-34(40-26-31-19-11-6-12-20-31)35(41-27-32-21-13-7-14-22-32)36(42-28-33-23-15-8-16-24-33)37(38,4-2)29-39-25-30-17-9-5-10-18-30/h3-24,34-36,38H,1-2,25-29H2/t34-,35-,36+,37?/m0/s1. The lowest BCUT2D eigenvalue weighted by Gasteiger charge is -2.40. The van der Waals surface area contributed by atoms with Gasteiger partial charge < -0.3 is 24.1 Å². The molecule has 0 saturated heterocycles. The average molecular weight is 565 g/mol. The van der Waals surface area contributed by atoms with Crippen LogP contribution in [0.15, 0.2) is 147 Å². The molecule has 0 heterocycles. The topological polar surface area (TPSA) is 57.2 Å². The Morgan fingerprint density at radius 3 is 1.40 bits per heavy atom. The van der Waals surface area contributed by atoms with E-state index in [-0.39, 0.29) is 19.8 Å². The third kappa shape index (κ3) is 9.35. The van der Waals surface area contributed by atoms with Crippen LogP contribution < -0.4 is 0 Å². The molecule has 4 atom stereocenters. The minimum Gasteiger partial charge on any atom is -0.381 e. The molecule has 42 heavy (non-hydrogen) atoms. The van der Waals surface area contributed by atoms with Gasteiger partial charge in [0, 0.05) is 0 Å². The second-order valence-electron chi connectivity index (χ2n) is 10.1. The van der Waals surface area contributed by atoms with E-state index in [1.807, 2.05) is 121 Å². The molecule has 0 fully saturated rings. The number of rotatable bonds is 18. The molecular weight excluding hydrogens is 524 g/mol. The van der Waals surface area contributed by atoms with Crippen molar-refractivity contribution >= 4 is 0 Å². The average Bonchev–Trinajstić information content (AvgIpc) is 3.05. The first kappa shape index (κ1) is 31.1. The summed E-state index contributed by atoms with van der Waals surface area (Å²) in [6.07, 6.45) is 0.901. The smallest absolute Gasteiger partial charge is 0.134 e. The van der Waals surface area contributed by atoms with Crippen LogP contribution in [0.1, 0.15) is 22.3 Å². The molecular formula is C37H40O5. The largest absolute Gasteiger partial charge is 0.381 e. The third-order valence-corrected chi connectivity index (χ3v) is 6.99. The molecule has 0 amide bonds. The van der Waals surface area contributed by atoms with Gasteiger partial charge in [0.05, 0.1) is 33.0 Å². The highest BCUT2D eigenvalue weighted by Crippen LogP contribution is 2.28. The van der Waals surface area contributed by atoms with Crippen LogP contribution in [0, 0.1) is 0 Å². The number of hydrogen-bond acceptors (Lipinski definition) is 5. The highest BCUT2D eigenvalue weighted by Gasteiger charge is 2.44. The van der Waals surface area contributed by atoms with Crippen molar-refractivity contribution in [2.24, 2.45) is 0 Å². The fourth-order valence-corrected chi connectivity index (χ4v) is 4.63. The molecule has 0 saturated carbocycles. The number of aliphatic hydroxyl groups is 1. The fourth-order valence-electron chi connectivity index (χ4n) is 4.63. The molecule has 0 bridgehead atoms. The van der Waals surface area contributed by atoms with Crippen molar-refractivity contribution in [2.45, 2.75) is 50.3 Å². The maximum absolute atomic E-state index is 12.1. The Labute approximate surface area is 249 Å². The van der Waals surface area contributed by atoms with E-state index >= 15 is 0 Å². The summed E-state index contributed by atoms with van der Waals surface area (Å²) in [6, 6.07) is 39.4. The molecule has 0 aromatic heterocycles. The zero-order valence-corrected chi connectivity index (χ0v) is 24.0. The zero-order chi connectivity index (χ0) is 29.5. The Hall–Kier alpha value is -3.84. The van der Waals surface area contributed by atoms with Gasteiger partial charge >= 0.3 is 0 Å². The van der Waals surface area contributed by atoms with Crippen molar-refractivity contribution in [3.05, 3.63) is 169 Å². The van der Waals surface area contributed by atoms with Crippen LogP contribution in [-0.2, 0) is 45.4 Å². The van der Waals surface area contributed by atoms with Crippen molar-refractivity contribution in [3.63, 3.8) is 0 Å². The van der Waals surface area contributed by atoms with Crippen LogP contribution in [0.2, 0.25) is 0 Å². The summed E-state index contributed by atoms with van der Waals surface area (Å²) in [6.45, 7) is 9.18. The van der Waals surface area contributed by atoms with Gasteiger partial charge in [0.1, 0.15) is 23.9 Å². The lowest BCUT2D eigenvalue weighted by Crippen LogP contribution is -2.56. The van der Waals surface area contributed by atoms with E-state index < -0.39 is 23.9 Å². The van der Waals surface area contributed by atoms with Crippen LogP contribution in [0.3, 0.4) is 0 Å². The summed E-state index contributed by atoms with van der Waals surface area (Å²) < 4.78 is 25.5.